The van der Waals surface area contributed by atoms with Crippen molar-refractivity contribution < 1.29 is 18.7 Å². The predicted molar refractivity (Wildman–Crippen MR) is 183 cm³/mol. The number of carbonyl (C=O) groups excluding carboxylic acids is 2. The first kappa shape index (κ1) is 31.6. The van der Waals surface area contributed by atoms with E-state index < -0.39 is 17.4 Å². The van der Waals surface area contributed by atoms with Crippen LogP contribution in [-0.4, -0.2) is 43.0 Å². The number of halogens is 2. The first-order chi connectivity index (χ1) is 23.2. The Kier molecular flexibility index (Phi) is 8.47. The minimum atomic E-state index is -0.573. The maximum absolute atomic E-state index is 15.2. The number of fused-ring (bicyclic) bond motifs is 1. The van der Waals surface area contributed by atoms with E-state index >= 15 is 4.39 Å². The van der Waals surface area contributed by atoms with Crippen LogP contribution in [0.15, 0.2) is 94.3 Å². The van der Waals surface area contributed by atoms with Crippen LogP contribution in [0.25, 0.3) is 16.9 Å². The van der Waals surface area contributed by atoms with Crippen LogP contribution in [0.3, 0.4) is 0 Å². The molecule has 2 amide bonds. The molecule has 1 N–H and O–H groups in total. The van der Waals surface area contributed by atoms with Crippen LogP contribution < -0.4 is 15.7 Å². The molecule has 0 saturated heterocycles. The van der Waals surface area contributed by atoms with Gasteiger partial charge in [-0.05, 0) is 92.9 Å². The van der Waals surface area contributed by atoms with Gasteiger partial charge < -0.3 is 15.0 Å². The molecule has 1 aliphatic heterocycles. The molecule has 3 aromatic carbocycles. The second kappa shape index (κ2) is 12.9. The van der Waals surface area contributed by atoms with Crippen LogP contribution in [0.1, 0.15) is 57.4 Å². The first-order valence-electron chi connectivity index (χ1n) is 15.8. The number of pyridine rings is 1. The van der Waals surface area contributed by atoms with E-state index in [1.807, 2.05) is 32.0 Å². The third-order valence-electron chi connectivity index (χ3n) is 8.83. The smallest absolute Gasteiger partial charge is 0.333 e. The van der Waals surface area contributed by atoms with Crippen molar-refractivity contribution in [1.82, 2.24) is 24.3 Å². The fraction of sp³-hybridized carbons (Fsp3) is 0.243. The van der Waals surface area contributed by atoms with Gasteiger partial charge >= 0.3 is 5.69 Å². The third-order valence-corrected chi connectivity index (χ3v) is 9.72. The van der Waals surface area contributed by atoms with Gasteiger partial charge in [0.25, 0.3) is 11.8 Å². The number of benzene rings is 3. The topological polar surface area (TPSA) is 98.5 Å². The van der Waals surface area contributed by atoms with Gasteiger partial charge in [0.05, 0.1) is 29.7 Å². The number of rotatable bonds is 8. The number of aryl methyl sites for hydroxylation is 1. The lowest BCUT2D eigenvalue weighted by atomic mass is 10.0. The Labute approximate surface area is 285 Å². The second-order valence-electron chi connectivity index (χ2n) is 12.2. The van der Waals surface area contributed by atoms with Gasteiger partial charge in [-0.3, -0.25) is 23.7 Å². The highest BCUT2D eigenvalue weighted by Gasteiger charge is 2.35. The van der Waals surface area contributed by atoms with Crippen LogP contribution in [0.4, 0.5) is 4.39 Å². The van der Waals surface area contributed by atoms with Crippen molar-refractivity contribution in [2.45, 2.75) is 58.5 Å². The van der Waals surface area contributed by atoms with Crippen LogP contribution in [-0.2, 0) is 19.6 Å². The summed E-state index contributed by atoms with van der Waals surface area (Å²) in [5.74, 6) is -0.586. The SMILES string of the molecule is Cc1cc(C(=O)N2Cc3c(C(=O)NCc4c(F)cccc4-c4ccccn4)n(-c4ccc(OC5CC5)cc4)c(=O)n3CC2C)ccc1Br. The Hall–Kier alpha value is -5.03. The predicted octanol–water partition coefficient (Wildman–Crippen LogP) is 6.43. The largest absolute Gasteiger partial charge is 0.490 e. The van der Waals surface area contributed by atoms with Gasteiger partial charge in [-0.2, -0.15) is 0 Å². The molecule has 1 unspecified atom stereocenters. The summed E-state index contributed by atoms with van der Waals surface area (Å²) in [5, 5.41) is 2.87. The van der Waals surface area contributed by atoms with Gasteiger partial charge in [0.15, 0.2) is 0 Å². The first-order valence-corrected chi connectivity index (χ1v) is 16.6. The number of aromatic nitrogens is 3. The van der Waals surface area contributed by atoms with Crippen molar-refractivity contribution in [3.8, 4) is 22.7 Å². The maximum atomic E-state index is 15.2. The van der Waals surface area contributed by atoms with Crippen molar-refractivity contribution in [2.24, 2.45) is 0 Å². The molecule has 48 heavy (non-hydrogen) atoms. The average molecular weight is 711 g/mol. The molecule has 11 heteroatoms. The summed E-state index contributed by atoms with van der Waals surface area (Å²) < 4.78 is 25.0. The van der Waals surface area contributed by atoms with Crippen molar-refractivity contribution in [1.29, 1.82) is 0 Å². The molecule has 2 aliphatic rings. The number of hydrogen-bond acceptors (Lipinski definition) is 5. The molecule has 1 fully saturated rings. The zero-order valence-electron chi connectivity index (χ0n) is 26.5. The summed E-state index contributed by atoms with van der Waals surface area (Å²) in [5.41, 5.74) is 3.38. The lowest BCUT2D eigenvalue weighted by Crippen LogP contribution is -2.47. The fourth-order valence-corrected chi connectivity index (χ4v) is 6.36. The van der Waals surface area contributed by atoms with E-state index in [1.165, 1.54) is 10.6 Å². The molecule has 3 heterocycles. The van der Waals surface area contributed by atoms with Gasteiger partial charge in [-0.1, -0.05) is 34.1 Å². The number of nitrogens with one attached hydrogen (secondary N) is 1. The average Bonchev–Trinajstić information content (AvgIpc) is 3.87. The quantitative estimate of drug-likeness (QED) is 0.200. The van der Waals surface area contributed by atoms with E-state index in [0.29, 0.717) is 34.0 Å². The van der Waals surface area contributed by atoms with Gasteiger partial charge in [-0.25, -0.2) is 9.18 Å². The highest BCUT2D eigenvalue weighted by molar-refractivity contribution is 9.10. The maximum Gasteiger partial charge on any atom is 0.333 e. The molecular formula is C37H33BrFN5O4. The van der Waals surface area contributed by atoms with Gasteiger partial charge in [0.1, 0.15) is 17.3 Å². The van der Waals surface area contributed by atoms with E-state index in [0.717, 1.165) is 22.9 Å². The number of ether oxygens (including phenoxy) is 1. The molecule has 244 valence electrons. The summed E-state index contributed by atoms with van der Waals surface area (Å²) in [6, 6.07) is 22.2. The zero-order chi connectivity index (χ0) is 33.5. The molecule has 1 aliphatic carbocycles. The fourth-order valence-electron chi connectivity index (χ4n) is 6.11. The van der Waals surface area contributed by atoms with Crippen molar-refractivity contribution in [2.75, 3.05) is 0 Å². The van der Waals surface area contributed by atoms with Gasteiger partial charge in [0, 0.05) is 46.5 Å². The molecule has 5 aromatic rings. The van der Waals surface area contributed by atoms with E-state index in [4.69, 9.17) is 4.74 Å². The lowest BCUT2D eigenvalue weighted by molar-refractivity contribution is 0.0610. The van der Waals surface area contributed by atoms with Crippen LogP contribution in [0, 0.1) is 12.7 Å². The molecular weight excluding hydrogens is 677 g/mol. The number of hydrogen-bond donors (Lipinski definition) is 1. The molecule has 2 aromatic heterocycles. The number of carbonyl (C=O) groups is 2. The van der Waals surface area contributed by atoms with Crippen LogP contribution >= 0.6 is 15.9 Å². The lowest BCUT2D eigenvalue weighted by Gasteiger charge is -2.34. The van der Waals surface area contributed by atoms with E-state index in [9.17, 15) is 14.4 Å². The van der Waals surface area contributed by atoms with Crippen molar-refractivity contribution in [3.63, 3.8) is 0 Å². The van der Waals surface area contributed by atoms with Crippen LogP contribution in [0.5, 0.6) is 5.75 Å². The molecule has 0 spiro atoms. The zero-order valence-corrected chi connectivity index (χ0v) is 28.0. The summed E-state index contributed by atoms with van der Waals surface area (Å²) >= 11 is 3.49. The Morgan fingerprint density at radius 3 is 2.54 bits per heavy atom. The Morgan fingerprint density at radius 2 is 1.83 bits per heavy atom. The molecule has 7 rings (SSSR count). The third kappa shape index (κ3) is 6.06. The van der Waals surface area contributed by atoms with E-state index in [2.05, 4.69) is 26.2 Å². The molecule has 0 radical (unpaired) electrons. The van der Waals surface area contributed by atoms with Crippen LogP contribution in [0.2, 0.25) is 0 Å². The second-order valence-corrected chi connectivity index (χ2v) is 13.1. The molecule has 0 bridgehead atoms. The van der Waals surface area contributed by atoms with E-state index in [1.54, 1.807) is 70.3 Å². The van der Waals surface area contributed by atoms with Gasteiger partial charge in [-0.15, -0.1) is 0 Å². The molecule has 1 atom stereocenters. The number of imidazole rings is 1. The minimum absolute atomic E-state index is 0.0296. The Morgan fingerprint density at radius 1 is 1.04 bits per heavy atom. The van der Waals surface area contributed by atoms with E-state index in [-0.39, 0.29) is 48.9 Å². The molecule has 9 nitrogen and oxygen atoms in total. The highest BCUT2D eigenvalue weighted by Crippen LogP contribution is 2.30. The monoisotopic (exact) mass is 709 g/mol. The summed E-state index contributed by atoms with van der Waals surface area (Å²) in [6.45, 7) is 3.88. The summed E-state index contributed by atoms with van der Waals surface area (Å²) in [6.07, 6.45) is 3.85. The summed E-state index contributed by atoms with van der Waals surface area (Å²) in [4.78, 5) is 48.2. The Bertz CT molecular complexity index is 2090. The van der Waals surface area contributed by atoms with Crippen molar-refractivity contribution >= 4 is 27.7 Å². The van der Waals surface area contributed by atoms with Gasteiger partial charge in [0.2, 0.25) is 0 Å². The standard InChI is InChI=1S/C37H33BrFN5O4/c1-22-18-24(9-16-30(22)38)36(46)42-21-33-34(35(45)41-19-29-28(6-5-7-31(29)39)32-8-3-4-17-40-32)44(37(47)43(33)20-23(42)2)25-10-12-26(13-11-25)48-27-14-15-27/h3-13,16-18,23,27H,14-15,19-21H2,1-2H3,(H,41,45). The molecule has 1 saturated carbocycles. The Balaban J connectivity index is 1.27. The minimum Gasteiger partial charge on any atom is -0.490 e. The highest BCUT2D eigenvalue weighted by atomic mass is 79.9. The normalized spacial score (nSPS) is 15.6. The number of amides is 2. The number of nitrogens with zero attached hydrogens (tertiary/aromatic N) is 4. The van der Waals surface area contributed by atoms with Crippen molar-refractivity contribution in [3.05, 3.63) is 134 Å². The summed E-state index contributed by atoms with van der Waals surface area (Å²) in [7, 11) is 0.